The van der Waals surface area contributed by atoms with Crippen molar-refractivity contribution in [3.05, 3.63) is 64.4 Å². The summed E-state index contributed by atoms with van der Waals surface area (Å²) in [6, 6.07) is 12.0. The van der Waals surface area contributed by atoms with E-state index in [0.29, 0.717) is 28.6 Å². The van der Waals surface area contributed by atoms with Crippen LogP contribution in [-0.4, -0.2) is 18.4 Å². The van der Waals surface area contributed by atoms with E-state index in [4.69, 9.17) is 16.3 Å². The number of carbonyl (C=O) groups is 2. The van der Waals surface area contributed by atoms with Crippen LogP contribution in [0.4, 0.5) is 5.69 Å². The molecule has 1 heterocycles. The van der Waals surface area contributed by atoms with Crippen LogP contribution in [0.25, 0.3) is 6.08 Å². The average molecular weight is 357 g/mol. The quantitative estimate of drug-likeness (QED) is 0.817. The van der Waals surface area contributed by atoms with Gasteiger partial charge >= 0.3 is 0 Å². The van der Waals surface area contributed by atoms with Gasteiger partial charge in [0.15, 0.2) is 11.5 Å². The van der Waals surface area contributed by atoms with E-state index in [1.165, 1.54) is 0 Å². The van der Waals surface area contributed by atoms with Gasteiger partial charge in [0, 0.05) is 17.1 Å². The largest absolute Gasteiger partial charge is 0.449 e. The van der Waals surface area contributed by atoms with Gasteiger partial charge in [0.05, 0.1) is 5.69 Å². The predicted octanol–water partition coefficient (Wildman–Crippen LogP) is 3.85. The topological polar surface area (TPSA) is 67.4 Å². The third kappa shape index (κ3) is 4.00. The highest BCUT2D eigenvalue weighted by atomic mass is 35.5. The Kier molecular flexibility index (Phi) is 5.05. The second-order valence-electron chi connectivity index (χ2n) is 5.58. The van der Waals surface area contributed by atoms with Crippen LogP contribution in [0.5, 0.6) is 5.75 Å². The summed E-state index contributed by atoms with van der Waals surface area (Å²) in [4.78, 5) is 24.3. The van der Waals surface area contributed by atoms with Crippen molar-refractivity contribution in [2.45, 2.75) is 13.3 Å². The Hall–Kier alpha value is -2.79. The lowest BCUT2D eigenvalue weighted by Gasteiger charge is -2.20. The first kappa shape index (κ1) is 17.0. The minimum Gasteiger partial charge on any atom is -0.449 e. The molecule has 6 heteroatoms. The second kappa shape index (κ2) is 7.40. The Bertz CT molecular complexity index is 844. The number of amides is 2. The summed E-state index contributed by atoms with van der Waals surface area (Å²) in [5.74, 6) is 0.125. The number of hydrogen-bond acceptors (Lipinski definition) is 3. The van der Waals surface area contributed by atoms with Crippen LogP contribution in [0.15, 0.2) is 48.2 Å². The highest BCUT2D eigenvalue weighted by Gasteiger charge is 2.23. The lowest BCUT2D eigenvalue weighted by molar-refractivity contribution is -0.115. The Morgan fingerprint density at radius 3 is 2.72 bits per heavy atom. The Morgan fingerprint density at radius 2 is 2.00 bits per heavy atom. The molecule has 0 unspecified atom stereocenters. The number of ether oxygens (including phenoxy) is 1. The second-order valence-corrected chi connectivity index (χ2v) is 6.02. The normalized spacial score (nSPS) is 14.5. The molecule has 0 saturated heterocycles. The number of halogens is 1. The van der Waals surface area contributed by atoms with Crippen molar-refractivity contribution < 1.29 is 14.3 Å². The number of rotatable bonds is 4. The van der Waals surface area contributed by atoms with Crippen molar-refractivity contribution in [3.63, 3.8) is 0 Å². The maximum Gasteiger partial charge on any atom is 0.291 e. The maximum absolute atomic E-state index is 12.3. The first-order valence-electron chi connectivity index (χ1n) is 7.95. The van der Waals surface area contributed by atoms with Gasteiger partial charge in [-0.25, -0.2) is 0 Å². The minimum absolute atomic E-state index is 0.179. The Morgan fingerprint density at radius 1 is 1.24 bits per heavy atom. The molecule has 2 aromatic carbocycles. The van der Waals surface area contributed by atoms with Crippen molar-refractivity contribution in [1.82, 2.24) is 5.32 Å². The molecule has 2 aromatic rings. The van der Waals surface area contributed by atoms with Crippen LogP contribution < -0.4 is 15.4 Å². The van der Waals surface area contributed by atoms with E-state index < -0.39 is 0 Å². The SMILES string of the molecule is CCCNC(=O)c1ccc2c(c1)NC(=O)C(=Cc1ccc(Cl)cc1)O2. The standard InChI is InChI=1S/C19H17ClN2O3/c1-2-9-21-18(23)13-5-8-16-15(11-13)22-19(24)17(25-16)10-12-3-6-14(20)7-4-12/h3-8,10-11H,2,9H2,1H3,(H,21,23)(H,22,24). The summed E-state index contributed by atoms with van der Waals surface area (Å²) >= 11 is 5.86. The molecule has 2 amide bonds. The van der Waals surface area contributed by atoms with E-state index in [1.54, 1.807) is 48.5 Å². The van der Waals surface area contributed by atoms with Gasteiger partial charge in [-0.1, -0.05) is 30.7 Å². The zero-order valence-electron chi connectivity index (χ0n) is 13.6. The molecule has 2 N–H and O–H groups in total. The third-order valence-electron chi connectivity index (χ3n) is 3.64. The van der Waals surface area contributed by atoms with E-state index in [2.05, 4.69) is 10.6 Å². The van der Waals surface area contributed by atoms with Crippen LogP contribution in [0.1, 0.15) is 29.3 Å². The zero-order valence-corrected chi connectivity index (χ0v) is 14.4. The highest BCUT2D eigenvalue weighted by Crippen LogP contribution is 2.32. The van der Waals surface area contributed by atoms with Gasteiger partial charge in [0.2, 0.25) is 0 Å². The maximum atomic E-state index is 12.3. The fraction of sp³-hybridized carbons (Fsp3) is 0.158. The number of hydrogen-bond donors (Lipinski definition) is 2. The zero-order chi connectivity index (χ0) is 17.8. The Balaban J connectivity index is 1.82. The predicted molar refractivity (Wildman–Crippen MR) is 97.8 cm³/mol. The number of carbonyl (C=O) groups excluding carboxylic acids is 2. The van der Waals surface area contributed by atoms with Crippen LogP contribution >= 0.6 is 11.6 Å². The number of benzene rings is 2. The van der Waals surface area contributed by atoms with Gasteiger partial charge < -0.3 is 15.4 Å². The highest BCUT2D eigenvalue weighted by molar-refractivity contribution is 6.30. The lowest BCUT2D eigenvalue weighted by atomic mass is 10.1. The van der Waals surface area contributed by atoms with Crippen molar-refractivity contribution >= 4 is 35.2 Å². The molecular formula is C19H17ClN2O3. The molecule has 3 rings (SSSR count). The van der Waals surface area contributed by atoms with Gasteiger partial charge in [0.25, 0.3) is 11.8 Å². The first-order chi connectivity index (χ1) is 12.1. The van der Waals surface area contributed by atoms with E-state index in [9.17, 15) is 9.59 Å². The first-order valence-corrected chi connectivity index (χ1v) is 8.33. The molecule has 0 spiro atoms. The lowest BCUT2D eigenvalue weighted by Crippen LogP contribution is -2.26. The molecule has 0 aliphatic carbocycles. The van der Waals surface area contributed by atoms with Crippen LogP contribution in [0.3, 0.4) is 0 Å². The molecule has 25 heavy (non-hydrogen) atoms. The summed E-state index contributed by atoms with van der Waals surface area (Å²) in [6.45, 7) is 2.59. The molecule has 128 valence electrons. The van der Waals surface area contributed by atoms with Gasteiger partial charge in [-0.2, -0.15) is 0 Å². The molecule has 0 radical (unpaired) electrons. The Labute approximate surface area is 150 Å². The van der Waals surface area contributed by atoms with Crippen molar-refractivity contribution in [2.24, 2.45) is 0 Å². The molecule has 0 aromatic heterocycles. The summed E-state index contributed by atoms with van der Waals surface area (Å²) < 4.78 is 5.68. The molecule has 0 bridgehead atoms. The summed E-state index contributed by atoms with van der Waals surface area (Å²) in [5.41, 5.74) is 1.75. The number of anilines is 1. The van der Waals surface area contributed by atoms with Gasteiger partial charge in [0.1, 0.15) is 0 Å². The van der Waals surface area contributed by atoms with Gasteiger partial charge in [-0.15, -0.1) is 0 Å². The number of fused-ring (bicyclic) bond motifs is 1. The van der Waals surface area contributed by atoms with E-state index in [-0.39, 0.29) is 17.6 Å². The molecule has 0 saturated carbocycles. The molecule has 1 aliphatic rings. The third-order valence-corrected chi connectivity index (χ3v) is 3.89. The van der Waals surface area contributed by atoms with Crippen molar-refractivity contribution in [1.29, 1.82) is 0 Å². The fourth-order valence-electron chi connectivity index (χ4n) is 2.35. The monoisotopic (exact) mass is 356 g/mol. The van der Waals surface area contributed by atoms with Crippen molar-refractivity contribution in [2.75, 3.05) is 11.9 Å². The van der Waals surface area contributed by atoms with Crippen LogP contribution in [-0.2, 0) is 4.79 Å². The van der Waals surface area contributed by atoms with E-state index >= 15 is 0 Å². The molecule has 0 fully saturated rings. The van der Waals surface area contributed by atoms with Gasteiger partial charge in [-0.3, -0.25) is 9.59 Å². The average Bonchev–Trinajstić information content (AvgIpc) is 2.61. The van der Waals surface area contributed by atoms with E-state index in [0.717, 1.165) is 12.0 Å². The molecule has 1 aliphatic heterocycles. The smallest absolute Gasteiger partial charge is 0.291 e. The van der Waals surface area contributed by atoms with Gasteiger partial charge in [-0.05, 0) is 48.4 Å². The molecule has 0 atom stereocenters. The van der Waals surface area contributed by atoms with Crippen LogP contribution in [0.2, 0.25) is 5.02 Å². The fourth-order valence-corrected chi connectivity index (χ4v) is 2.48. The summed E-state index contributed by atoms with van der Waals surface area (Å²) in [7, 11) is 0. The molecule has 5 nitrogen and oxygen atoms in total. The summed E-state index contributed by atoms with van der Waals surface area (Å²) in [5, 5.41) is 6.17. The summed E-state index contributed by atoms with van der Waals surface area (Å²) in [6.07, 6.45) is 2.49. The van der Waals surface area contributed by atoms with Crippen LogP contribution in [0, 0.1) is 0 Å². The minimum atomic E-state index is -0.367. The number of nitrogens with one attached hydrogen (secondary N) is 2. The van der Waals surface area contributed by atoms with Crippen molar-refractivity contribution in [3.8, 4) is 5.75 Å². The molecular weight excluding hydrogens is 340 g/mol. The van der Waals surface area contributed by atoms with E-state index in [1.807, 2.05) is 6.92 Å².